The molecule has 2 aliphatic rings. The van der Waals surface area contributed by atoms with E-state index in [2.05, 4.69) is 15.6 Å². The molecule has 1 atom stereocenters. The number of piperidine rings is 1. The van der Waals surface area contributed by atoms with Crippen LogP contribution in [0.2, 0.25) is 0 Å². The van der Waals surface area contributed by atoms with Gasteiger partial charge in [-0.05, 0) is 55.9 Å². The highest BCUT2D eigenvalue weighted by Gasteiger charge is 2.30. The summed E-state index contributed by atoms with van der Waals surface area (Å²) in [4.78, 5) is 40.4. The lowest BCUT2D eigenvalue weighted by Gasteiger charge is -2.23. The Kier molecular flexibility index (Phi) is 6.79. The first kappa shape index (κ1) is 24.7. The number of benzene rings is 1. The molecule has 11 heteroatoms. The van der Waals surface area contributed by atoms with Crippen molar-refractivity contribution in [3.8, 4) is 22.6 Å². The predicted molar refractivity (Wildman–Crippen MR) is 134 cm³/mol. The average Bonchev–Trinajstić information content (AvgIpc) is 3.24. The van der Waals surface area contributed by atoms with Crippen molar-refractivity contribution in [2.24, 2.45) is 5.92 Å². The number of pyridine rings is 1. The fourth-order valence-corrected chi connectivity index (χ4v) is 4.79. The first-order chi connectivity index (χ1) is 17.8. The molecule has 0 bridgehead atoms. The SMILES string of the molecule is Cc1cc(-c2ccc(-c3cn([C@H]4CCC(=O)NC4=O)c(=O)o3)c(F)c2)nc(N)c1NCC1CCOCC1. The summed E-state index contributed by atoms with van der Waals surface area (Å²) in [7, 11) is 0. The third kappa shape index (κ3) is 5.12. The van der Waals surface area contributed by atoms with E-state index in [0.29, 0.717) is 23.0 Å². The van der Waals surface area contributed by atoms with Crippen LogP contribution in [0.4, 0.5) is 15.9 Å². The first-order valence-corrected chi connectivity index (χ1v) is 12.2. The summed E-state index contributed by atoms with van der Waals surface area (Å²) in [5.41, 5.74) is 9.00. The molecule has 1 aromatic carbocycles. The zero-order valence-electron chi connectivity index (χ0n) is 20.4. The molecule has 0 unspecified atom stereocenters. The van der Waals surface area contributed by atoms with Crippen molar-refractivity contribution in [1.82, 2.24) is 14.9 Å². The number of aryl methyl sites for hydroxylation is 1. The highest BCUT2D eigenvalue weighted by molar-refractivity contribution is 5.99. The summed E-state index contributed by atoms with van der Waals surface area (Å²) in [5.74, 6) is -1.59. The van der Waals surface area contributed by atoms with Crippen LogP contribution in [0.15, 0.2) is 39.7 Å². The summed E-state index contributed by atoms with van der Waals surface area (Å²) in [5, 5.41) is 5.60. The number of carbonyl (C=O) groups excluding carboxylic acids is 2. The number of halogens is 1. The Morgan fingerprint density at radius 2 is 1.97 bits per heavy atom. The number of hydrogen-bond acceptors (Lipinski definition) is 8. The van der Waals surface area contributed by atoms with E-state index in [1.165, 1.54) is 18.3 Å². The second kappa shape index (κ2) is 10.2. The Bertz CT molecular complexity index is 1390. The van der Waals surface area contributed by atoms with Crippen molar-refractivity contribution in [3.05, 3.63) is 52.4 Å². The van der Waals surface area contributed by atoms with Crippen LogP contribution >= 0.6 is 0 Å². The minimum absolute atomic E-state index is 0.0185. The number of oxazole rings is 1. The number of nitrogen functional groups attached to an aromatic ring is 1. The van der Waals surface area contributed by atoms with E-state index in [9.17, 15) is 14.4 Å². The maximum atomic E-state index is 15.2. The zero-order chi connectivity index (χ0) is 26.1. The molecule has 194 valence electrons. The summed E-state index contributed by atoms with van der Waals surface area (Å²) < 4.78 is 26.9. The maximum Gasteiger partial charge on any atom is 0.420 e. The smallest absolute Gasteiger partial charge is 0.408 e. The first-order valence-electron chi connectivity index (χ1n) is 12.2. The number of amides is 2. The standard InChI is InChI=1S/C26H28FN5O5/c1-14-10-19(30-24(28)23(14)29-12-15-6-8-36-9-7-15)16-2-3-17(18(27)11-16)21-13-32(26(35)37-21)20-4-5-22(33)31-25(20)34/h2-3,10-11,13,15,20,29H,4-9,12H2,1H3,(H2,28,30)(H,31,33,34)/t20-/m0/s1. The number of carbonyl (C=O) groups is 2. The number of anilines is 2. The minimum Gasteiger partial charge on any atom is -0.408 e. The van der Waals surface area contributed by atoms with Gasteiger partial charge in [0, 0.05) is 31.7 Å². The van der Waals surface area contributed by atoms with E-state index in [-0.39, 0.29) is 24.2 Å². The Hall–Kier alpha value is -3.99. The normalized spacial score (nSPS) is 18.6. The van der Waals surface area contributed by atoms with Crippen molar-refractivity contribution >= 4 is 23.3 Å². The summed E-state index contributed by atoms with van der Waals surface area (Å²) in [6, 6.07) is 5.41. The van der Waals surface area contributed by atoms with Crippen molar-refractivity contribution in [2.75, 3.05) is 30.8 Å². The van der Waals surface area contributed by atoms with Crippen LogP contribution in [0.3, 0.4) is 0 Å². The summed E-state index contributed by atoms with van der Waals surface area (Å²) >= 11 is 0. The van der Waals surface area contributed by atoms with Gasteiger partial charge in [0.05, 0.1) is 23.1 Å². The zero-order valence-corrected chi connectivity index (χ0v) is 20.4. The highest BCUT2D eigenvalue weighted by Crippen LogP contribution is 2.32. The van der Waals surface area contributed by atoms with Gasteiger partial charge in [0.25, 0.3) is 0 Å². The topological polar surface area (TPSA) is 141 Å². The van der Waals surface area contributed by atoms with Crippen molar-refractivity contribution in [1.29, 1.82) is 0 Å². The summed E-state index contributed by atoms with van der Waals surface area (Å²) in [6.45, 7) is 4.24. The van der Waals surface area contributed by atoms with E-state index in [1.54, 1.807) is 6.07 Å². The molecule has 5 rings (SSSR count). The largest absolute Gasteiger partial charge is 0.420 e. The number of aromatic nitrogens is 2. The molecule has 4 heterocycles. The summed E-state index contributed by atoms with van der Waals surface area (Å²) in [6.07, 6.45) is 3.56. The lowest BCUT2D eigenvalue weighted by Crippen LogP contribution is -2.43. The van der Waals surface area contributed by atoms with Crippen LogP contribution in [0.1, 0.15) is 37.3 Å². The molecule has 37 heavy (non-hydrogen) atoms. The number of hydrogen-bond donors (Lipinski definition) is 3. The molecule has 3 aromatic rings. The Labute approximate surface area is 212 Å². The predicted octanol–water partition coefficient (Wildman–Crippen LogP) is 3.02. The molecule has 2 aliphatic heterocycles. The number of nitrogens with two attached hydrogens (primary N) is 1. The lowest BCUT2D eigenvalue weighted by molar-refractivity contribution is -0.135. The molecule has 2 fully saturated rings. The van der Waals surface area contributed by atoms with Crippen LogP contribution < -0.4 is 22.1 Å². The van der Waals surface area contributed by atoms with Gasteiger partial charge in [0.2, 0.25) is 11.8 Å². The molecule has 2 amide bonds. The minimum atomic E-state index is -0.890. The number of nitrogens with one attached hydrogen (secondary N) is 2. The van der Waals surface area contributed by atoms with E-state index in [0.717, 1.165) is 48.4 Å². The van der Waals surface area contributed by atoms with Gasteiger partial charge < -0.3 is 20.2 Å². The molecule has 4 N–H and O–H groups in total. The molecule has 0 spiro atoms. The second-order valence-corrected chi connectivity index (χ2v) is 9.45. The van der Waals surface area contributed by atoms with Crippen LogP contribution in [0.5, 0.6) is 0 Å². The van der Waals surface area contributed by atoms with Crippen molar-refractivity contribution in [3.63, 3.8) is 0 Å². The molecule has 2 aromatic heterocycles. The Balaban J connectivity index is 1.36. The van der Waals surface area contributed by atoms with Crippen molar-refractivity contribution < 1.29 is 23.1 Å². The van der Waals surface area contributed by atoms with Crippen LogP contribution in [0.25, 0.3) is 22.6 Å². The Morgan fingerprint density at radius 1 is 1.19 bits per heavy atom. The molecule has 10 nitrogen and oxygen atoms in total. The third-order valence-corrected chi connectivity index (χ3v) is 6.89. The van der Waals surface area contributed by atoms with E-state index < -0.39 is 29.4 Å². The average molecular weight is 510 g/mol. The maximum absolute atomic E-state index is 15.2. The van der Waals surface area contributed by atoms with Gasteiger partial charge in [-0.1, -0.05) is 6.07 Å². The molecule has 0 aliphatic carbocycles. The van der Waals surface area contributed by atoms with Crippen LogP contribution in [-0.4, -0.2) is 41.1 Å². The number of imide groups is 1. The van der Waals surface area contributed by atoms with Crippen LogP contribution in [0, 0.1) is 18.7 Å². The van der Waals surface area contributed by atoms with Crippen LogP contribution in [-0.2, 0) is 14.3 Å². The van der Waals surface area contributed by atoms with Gasteiger partial charge in [0.1, 0.15) is 17.7 Å². The molecule has 0 radical (unpaired) electrons. The monoisotopic (exact) mass is 509 g/mol. The number of nitrogens with zero attached hydrogens (tertiary/aromatic N) is 2. The molecular weight excluding hydrogens is 481 g/mol. The van der Waals surface area contributed by atoms with Gasteiger partial charge in [-0.2, -0.15) is 0 Å². The number of rotatable bonds is 6. The second-order valence-electron chi connectivity index (χ2n) is 9.45. The van der Waals surface area contributed by atoms with E-state index >= 15 is 4.39 Å². The van der Waals surface area contributed by atoms with Gasteiger partial charge in [-0.25, -0.2) is 14.2 Å². The van der Waals surface area contributed by atoms with Gasteiger partial charge in [-0.3, -0.25) is 19.5 Å². The van der Waals surface area contributed by atoms with Gasteiger partial charge >= 0.3 is 5.76 Å². The number of ether oxygens (including phenoxy) is 1. The quantitative estimate of drug-likeness (QED) is 0.431. The Morgan fingerprint density at radius 3 is 2.68 bits per heavy atom. The highest BCUT2D eigenvalue weighted by atomic mass is 19.1. The fraction of sp³-hybridized carbons (Fsp3) is 0.385. The molecular formula is C26H28FN5O5. The molecule has 0 saturated carbocycles. The molecule has 2 saturated heterocycles. The van der Waals surface area contributed by atoms with Gasteiger partial charge in [0.15, 0.2) is 5.76 Å². The van der Waals surface area contributed by atoms with Gasteiger partial charge in [-0.15, -0.1) is 0 Å². The lowest BCUT2D eigenvalue weighted by atomic mass is 10.00. The van der Waals surface area contributed by atoms with E-state index in [4.69, 9.17) is 14.9 Å². The van der Waals surface area contributed by atoms with Crippen molar-refractivity contribution in [2.45, 2.75) is 38.6 Å². The fourth-order valence-electron chi connectivity index (χ4n) is 4.79. The third-order valence-electron chi connectivity index (χ3n) is 6.89. The van der Waals surface area contributed by atoms with E-state index in [1.807, 2.05) is 13.0 Å².